The van der Waals surface area contributed by atoms with Gasteiger partial charge in [0.1, 0.15) is 0 Å². The average Bonchev–Trinajstić information content (AvgIpc) is 3.08. The summed E-state index contributed by atoms with van der Waals surface area (Å²) in [6, 6.07) is 11.8. The van der Waals surface area contributed by atoms with Crippen molar-refractivity contribution in [1.82, 2.24) is 4.90 Å². The number of hydrogen-bond donors (Lipinski definition) is 0. The minimum atomic E-state index is -0.00158. The SMILES string of the molecule is O=C(/C=C/c1cc(Cl)c2c(c1)OCO2)N1CCc2ccccc2C1. The first kappa shape index (κ1) is 15.1. The number of rotatable bonds is 2. The van der Waals surface area contributed by atoms with Crippen molar-refractivity contribution in [3.05, 3.63) is 64.2 Å². The zero-order valence-corrected chi connectivity index (χ0v) is 13.8. The topological polar surface area (TPSA) is 38.8 Å². The molecule has 2 aromatic rings. The van der Waals surface area contributed by atoms with E-state index in [2.05, 4.69) is 12.1 Å². The van der Waals surface area contributed by atoms with Gasteiger partial charge in [0.25, 0.3) is 0 Å². The Morgan fingerprint density at radius 1 is 1.17 bits per heavy atom. The minimum Gasteiger partial charge on any atom is -0.454 e. The van der Waals surface area contributed by atoms with Crippen molar-refractivity contribution in [1.29, 1.82) is 0 Å². The van der Waals surface area contributed by atoms with Gasteiger partial charge in [-0.2, -0.15) is 0 Å². The largest absolute Gasteiger partial charge is 0.454 e. The summed E-state index contributed by atoms with van der Waals surface area (Å²) in [6.07, 6.45) is 4.24. The second kappa shape index (κ2) is 6.21. The van der Waals surface area contributed by atoms with Gasteiger partial charge in [-0.1, -0.05) is 35.9 Å². The second-order valence-corrected chi connectivity index (χ2v) is 6.26. The minimum absolute atomic E-state index is 0.00158. The first-order valence-electron chi connectivity index (χ1n) is 7.83. The molecule has 0 aliphatic carbocycles. The van der Waals surface area contributed by atoms with Crippen LogP contribution >= 0.6 is 11.6 Å². The number of fused-ring (bicyclic) bond motifs is 2. The van der Waals surface area contributed by atoms with Crippen LogP contribution in [-0.4, -0.2) is 24.1 Å². The molecule has 0 N–H and O–H groups in total. The van der Waals surface area contributed by atoms with Gasteiger partial charge in [0.2, 0.25) is 12.7 Å². The quantitative estimate of drug-likeness (QED) is 0.782. The van der Waals surface area contributed by atoms with Crippen LogP contribution in [0, 0.1) is 0 Å². The fourth-order valence-electron chi connectivity index (χ4n) is 3.04. The third-order valence-electron chi connectivity index (χ3n) is 4.31. The summed E-state index contributed by atoms with van der Waals surface area (Å²) in [4.78, 5) is 14.3. The van der Waals surface area contributed by atoms with Crippen molar-refractivity contribution >= 4 is 23.6 Å². The molecule has 24 heavy (non-hydrogen) atoms. The summed E-state index contributed by atoms with van der Waals surface area (Å²) in [5, 5.41) is 0.490. The maximum atomic E-state index is 12.5. The Morgan fingerprint density at radius 2 is 2.00 bits per heavy atom. The Labute approximate surface area is 145 Å². The zero-order chi connectivity index (χ0) is 16.5. The van der Waals surface area contributed by atoms with Crippen LogP contribution in [0.4, 0.5) is 0 Å². The number of ether oxygens (including phenoxy) is 2. The van der Waals surface area contributed by atoms with Crippen LogP contribution in [0.1, 0.15) is 16.7 Å². The molecule has 4 nitrogen and oxygen atoms in total. The van der Waals surface area contributed by atoms with Gasteiger partial charge in [0.15, 0.2) is 11.5 Å². The Bertz CT molecular complexity index is 831. The van der Waals surface area contributed by atoms with E-state index in [4.69, 9.17) is 21.1 Å². The molecule has 2 aromatic carbocycles. The van der Waals surface area contributed by atoms with Gasteiger partial charge in [0, 0.05) is 19.2 Å². The van der Waals surface area contributed by atoms with Gasteiger partial charge < -0.3 is 14.4 Å². The predicted octanol–water partition coefficient (Wildman–Crippen LogP) is 3.67. The van der Waals surface area contributed by atoms with E-state index in [0.717, 1.165) is 18.5 Å². The van der Waals surface area contributed by atoms with Crippen LogP contribution < -0.4 is 9.47 Å². The Morgan fingerprint density at radius 3 is 2.88 bits per heavy atom. The smallest absolute Gasteiger partial charge is 0.246 e. The second-order valence-electron chi connectivity index (χ2n) is 5.85. The maximum Gasteiger partial charge on any atom is 0.246 e. The van der Waals surface area contributed by atoms with E-state index in [0.29, 0.717) is 23.1 Å². The number of hydrogen-bond acceptors (Lipinski definition) is 3. The molecule has 0 aromatic heterocycles. The third kappa shape index (κ3) is 2.85. The number of nitrogens with zero attached hydrogens (tertiary/aromatic N) is 1. The molecule has 5 heteroatoms. The highest BCUT2D eigenvalue weighted by Gasteiger charge is 2.20. The molecule has 0 atom stereocenters. The number of carbonyl (C=O) groups excluding carboxylic acids is 1. The lowest BCUT2D eigenvalue weighted by atomic mass is 10.00. The molecule has 2 aliphatic rings. The predicted molar refractivity (Wildman–Crippen MR) is 92.2 cm³/mol. The van der Waals surface area contributed by atoms with Crippen molar-refractivity contribution in [3.63, 3.8) is 0 Å². The number of amides is 1. The van der Waals surface area contributed by atoms with Gasteiger partial charge >= 0.3 is 0 Å². The molecule has 122 valence electrons. The Kier molecular flexibility index (Phi) is 3.90. The number of carbonyl (C=O) groups is 1. The maximum absolute atomic E-state index is 12.5. The van der Waals surface area contributed by atoms with E-state index in [1.54, 1.807) is 18.2 Å². The molecule has 4 rings (SSSR count). The third-order valence-corrected chi connectivity index (χ3v) is 4.59. The molecular weight excluding hydrogens is 326 g/mol. The highest BCUT2D eigenvalue weighted by atomic mass is 35.5. The molecule has 2 aliphatic heterocycles. The summed E-state index contributed by atoms with van der Waals surface area (Å²) in [5.74, 6) is 1.17. The molecule has 0 fully saturated rings. The van der Waals surface area contributed by atoms with Gasteiger partial charge in [-0.15, -0.1) is 0 Å². The van der Waals surface area contributed by atoms with Crippen LogP contribution in [0.3, 0.4) is 0 Å². The van der Waals surface area contributed by atoms with Crippen LogP contribution in [-0.2, 0) is 17.8 Å². The summed E-state index contributed by atoms with van der Waals surface area (Å²) in [7, 11) is 0. The summed E-state index contributed by atoms with van der Waals surface area (Å²) < 4.78 is 10.6. The van der Waals surface area contributed by atoms with E-state index in [1.165, 1.54) is 11.1 Å². The van der Waals surface area contributed by atoms with Crippen LogP contribution in [0.15, 0.2) is 42.5 Å². The lowest BCUT2D eigenvalue weighted by Crippen LogP contribution is -2.34. The lowest BCUT2D eigenvalue weighted by Gasteiger charge is -2.27. The van der Waals surface area contributed by atoms with E-state index >= 15 is 0 Å². The molecular formula is C19H16ClNO3. The van der Waals surface area contributed by atoms with Crippen LogP contribution in [0.2, 0.25) is 5.02 Å². The zero-order valence-electron chi connectivity index (χ0n) is 13.0. The van der Waals surface area contributed by atoms with Gasteiger partial charge in [-0.25, -0.2) is 0 Å². The molecule has 0 saturated heterocycles. The van der Waals surface area contributed by atoms with E-state index in [-0.39, 0.29) is 12.7 Å². The summed E-state index contributed by atoms with van der Waals surface area (Å²) >= 11 is 6.16. The van der Waals surface area contributed by atoms with Crippen molar-refractivity contribution in [2.75, 3.05) is 13.3 Å². The van der Waals surface area contributed by atoms with E-state index < -0.39 is 0 Å². The molecule has 0 bridgehead atoms. The molecule has 2 heterocycles. The first-order valence-corrected chi connectivity index (χ1v) is 8.21. The van der Waals surface area contributed by atoms with Crippen LogP contribution in [0.25, 0.3) is 6.08 Å². The fraction of sp³-hybridized carbons (Fsp3) is 0.211. The van der Waals surface area contributed by atoms with E-state index in [9.17, 15) is 4.79 Å². The summed E-state index contributed by atoms with van der Waals surface area (Å²) in [6.45, 7) is 1.57. The van der Waals surface area contributed by atoms with Gasteiger partial charge in [-0.3, -0.25) is 4.79 Å². The number of halogens is 1. The van der Waals surface area contributed by atoms with Crippen LogP contribution in [0.5, 0.6) is 11.5 Å². The highest BCUT2D eigenvalue weighted by molar-refractivity contribution is 6.32. The number of benzene rings is 2. The van der Waals surface area contributed by atoms with E-state index in [1.807, 2.05) is 23.1 Å². The molecule has 0 spiro atoms. The van der Waals surface area contributed by atoms with Crippen molar-refractivity contribution in [3.8, 4) is 11.5 Å². The monoisotopic (exact) mass is 341 g/mol. The molecule has 0 radical (unpaired) electrons. The lowest BCUT2D eigenvalue weighted by molar-refractivity contribution is -0.126. The fourth-order valence-corrected chi connectivity index (χ4v) is 3.31. The molecule has 0 unspecified atom stereocenters. The van der Waals surface area contributed by atoms with Gasteiger partial charge in [0.05, 0.1) is 5.02 Å². The van der Waals surface area contributed by atoms with Crippen molar-refractivity contribution in [2.24, 2.45) is 0 Å². The average molecular weight is 342 g/mol. The molecule has 0 saturated carbocycles. The van der Waals surface area contributed by atoms with Crippen molar-refractivity contribution in [2.45, 2.75) is 13.0 Å². The molecule has 1 amide bonds. The Hall–Kier alpha value is -2.46. The van der Waals surface area contributed by atoms with Gasteiger partial charge in [-0.05, 0) is 41.3 Å². The first-order chi connectivity index (χ1) is 11.7. The standard InChI is InChI=1S/C19H16ClNO3/c20-16-9-13(10-17-19(16)24-12-23-17)5-6-18(22)21-8-7-14-3-1-2-4-15(14)11-21/h1-6,9-10H,7-8,11-12H2/b6-5+. The Balaban J connectivity index is 1.49. The highest BCUT2D eigenvalue weighted by Crippen LogP contribution is 2.40. The van der Waals surface area contributed by atoms with Crippen molar-refractivity contribution < 1.29 is 14.3 Å². The summed E-state index contributed by atoms with van der Waals surface area (Å²) in [5.41, 5.74) is 3.36. The normalized spacial score (nSPS) is 15.6.